The summed E-state index contributed by atoms with van der Waals surface area (Å²) in [5.74, 6) is 2.14. The molecular weight excluding hydrogens is 551 g/mol. The van der Waals surface area contributed by atoms with E-state index in [2.05, 4.69) is 27.6 Å². The van der Waals surface area contributed by atoms with Crippen molar-refractivity contribution in [1.82, 2.24) is 14.8 Å². The average Bonchev–Trinajstić information content (AvgIpc) is 3.37. The number of nitrogens with zero attached hydrogens (tertiary/aromatic N) is 3. The molecule has 5 aromatic rings. The van der Waals surface area contributed by atoms with Crippen molar-refractivity contribution < 1.29 is 9.53 Å². The first-order chi connectivity index (χ1) is 19.0. The van der Waals surface area contributed by atoms with Gasteiger partial charge in [0, 0.05) is 17.8 Å². The normalized spacial score (nSPS) is 10.8. The van der Waals surface area contributed by atoms with Crippen LogP contribution in [0.2, 0.25) is 10.0 Å². The van der Waals surface area contributed by atoms with Crippen molar-refractivity contribution in [3.8, 4) is 22.9 Å². The summed E-state index contributed by atoms with van der Waals surface area (Å²) in [4.78, 5) is 12.8. The van der Waals surface area contributed by atoms with Gasteiger partial charge in [0.2, 0.25) is 5.91 Å². The van der Waals surface area contributed by atoms with Gasteiger partial charge in [-0.2, -0.15) is 0 Å². The first-order valence-corrected chi connectivity index (χ1v) is 14.0. The second-order valence-corrected chi connectivity index (χ2v) is 10.4. The van der Waals surface area contributed by atoms with Gasteiger partial charge in [-0.3, -0.25) is 4.79 Å². The lowest BCUT2D eigenvalue weighted by molar-refractivity contribution is -0.113. The van der Waals surface area contributed by atoms with Crippen molar-refractivity contribution in [3.63, 3.8) is 0 Å². The number of nitrogens with one attached hydrogen (secondary N) is 1. The lowest BCUT2D eigenvalue weighted by Gasteiger charge is -2.11. The summed E-state index contributed by atoms with van der Waals surface area (Å²) in [7, 11) is 0. The number of amides is 1. The van der Waals surface area contributed by atoms with Gasteiger partial charge >= 0.3 is 0 Å². The molecule has 1 heterocycles. The third-order valence-electron chi connectivity index (χ3n) is 5.81. The number of aryl methyl sites for hydroxylation is 1. The van der Waals surface area contributed by atoms with Crippen molar-refractivity contribution in [3.05, 3.63) is 119 Å². The highest BCUT2D eigenvalue weighted by Gasteiger charge is 2.17. The number of halogens is 2. The average molecular weight is 576 g/mol. The quantitative estimate of drug-likeness (QED) is 0.171. The van der Waals surface area contributed by atoms with Crippen LogP contribution < -0.4 is 10.1 Å². The van der Waals surface area contributed by atoms with E-state index in [1.165, 1.54) is 17.3 Å². The van der Waals surface area contributed by atoms with Crippen LogP contribution in [0.3, 0.4) is 0 Å². The molecule has 0 fully saturated rings. The molecule has 196 valence electrons. The lowest BCUT2D eigenvalue weighted by atomic mass is 10.1. The van der Waals surface area contributed by atoms with E-state index in [4.69, 9.17) is 27.9 Å². The monoisotopic (exact) mass is 574 g/mol. The maximum atomic E-state index is 12.8. The fraction of sp³-hybridized carbons (Fsp3) is 0.100. The molecule has 0 saturated heterocycles. The first-order valence-electron chi connectivity index (χ1n) is 12.2. The Balaban J connectivity index is 1.26. The van der Waals surface area contributed by atoms with Gasteiger partial charge in [-0.05, 0) is 66.6 Å². The third-order valence-corrected chi connectivity index (χ3v) is 7.52. The molecule has 0 unspecified atom stereocenters. The molecule has 39 heavy (non-hydrogen) atoms. The zero-order valence-corrected chi connectivity index (χ0v) is 23.1. The summed E-state index contributed by atoms with van der Waals surface area (Å²) < 4.78 is 7.83. The van der Waals surface area contributed by atoms with E-state index >= 15 is 0 Å². The molecule has 0 spiro atoms. The summed E-state index contributed by atoms with van der Waals surface area (Å²) in [6, 6.07) is 32.4. The van der Waals surface area contributed by atoms with Gasteiger partial charge in [-0.25, -0.2) is 0 Å². The zero-order chi connectivity index (χ0) is 27.0. The Kier molecular flexibility index (Phi) is 8.83. The lowest BCUT2D eigenvalue weighted by Crippen LogP contribution is -2.15. The Morgan fingerprint density at radius 1 is 0.821 bits per heavy atom. The van der Waals surface area contributed by atoms with Crippen molar-refractivity contribution >= 4 is 46.6 Å². The Bertz CT molecular complexity index is 1550. The van der Waals surface area contributed by atoms with E-state index in [-0.39, 0.29) is 11.7 Å². The van der Waals surface area contributed by atoms with Crippen LogP contribution >= 0.6 is 35.0 Å². The summed E-state index contributed by atoms with van der Waals surface area (Å²) in [6.07, 6.45) is 0.782. The van der Waals surface area contributed by atoms with Crippen LogP contribution in [0, 0.1) is 0 Å². The van der Waals surface area contributed by atoms with E-state index in [1.54, 1.807) is 12.1 Å². The van der Waals surface area contributed by atoms with Crippen LogP contribution in [0.1, 0.15) is 5.56 Å². The zero-order valence-electron chi connectivity index (χ0n) is 20.8. The van der Waals surface area contributed by atoms with Gasteiger partial charge in [0.1, 0.15) is 11.5 Å². The topological polar surface area (TPSA) is 69.0 Å². The van der Waals surface area contributed by atoms with Crippen LogP contribution in [0.5, 0.6) is 11.5 Å². The number of ether oxygens (including phenoxy) is 1. The van der Waals surface area contributed by atoms with Crippen molar-refractivity contribution in [2.75, 3.05) is 11.1 Å². The molecule has 0 aliphatic carbocycles. The standard InChI is InChI=1S/C30H24Cl2N4O2S/c31-26-16-11-22(19-27(26)32)29-34-35-30(36(29)18-17-21-7-3-1-4-8-21)39-20-28(37)33-23-12-14-25(15-13-23)38-24-9-5-2-6-10-24/h1-16,19H,17-18,20H2,(H,33,37). The molecular formula is C30H24Cl2N4O2S. The molecule has 5 rings (SSSR count). The Labute approximate surface area is 241 Å². The predicted molar refractivity (Wildman–Crippen MR) is 158 cm³/mol. The number of carbonyl (C=O) groups excluding carboxylic acids is 1. The largest absolute Gasteiger partial charge is 0.457 e. The third kappa shape index (κ3) is 7.20. The number of carbonyl (C=O) groups is 1. The molecule has 9 heteroatoms. The highest BCUT2D eigenvalue weighted by Crippen LogP contribution is 2.30. The van der Waals surface area contributed by atoms with Crippen molar-refractivity contribution in [2.45, 2.75) is 18.1 Å². The van der Waals surface area contributed by atoms with Crippen molar-refractivity contribution in [2.24, 2.45) is 0 Å². The number of thioether (sulfide) groups is 1. The van der Waals surface area contributed by atoms with Crippen LogP contribution in [-0.2, 0) is 17.8 Å². The van der Waals surface area contributed by atoms with E-state index in [0.29, 0.717) is 39.0 Å². The molecule has 1 N–H and O–H groups in total. The van der Waals surface area contributed by atoms with Gasteiger partial charge in [-0.1, -0.05) is 83.5 Å². The van der Waals surface area contributed by atoms with E-state index < -0.39 is 0 Å². The Morgan fingerprint density at radius 3 is 2.23 bits per heavy atom. The minimum atomic E-state index is -0.148. The molecule has 6 nitrogen and oxygen atoms in total. The van der Waals surface area contributed by atoms with Gasteiger partial charge in [0.15, 0.2) is 11.0 Å². The second-order valence-electron chi connectivity index (χ2n) is 8.60. The number of aromatic nitrogens is 3. The molecule has 0 bridgehead atoms. The number of rotatable bonds is 10. The second kappa shape index (κ2) is 12.8. The fourth-order valence-electron chi connectivity index (χ4n) is 3.89. The van der Waals surface area contributed by atoms with Gasteiger partial charge in [-0.15, -0.1) is 10.2 Å². The SMILES string of the molecule is O=C(CSc1nnc(-c2ccc(Cl)c(Cl)c2)n1CCc1ccccc1)Nc1ccc(Oc2ccccc2)cc1. The van der Waals surface area contributed by atoms with E-state index in [0.717, 1.165) is 17.7 Å². The molecule has 0 radical (unpaired) electrons. The Morgan fingerprint density at radius 2 is 1.51 bits per heavy atom. The number of anilines is 1. The van der Waals surface area contributed by atoms with E-state index in [1.807, 2.05) is 83.4 Å². The number of hydrogen-bond donors (Lipinski definition) is 1. The summed E-state index contributed by atoms with van der Waals surface area (Å²) in [5, 5.41) is 13.3. The maximum Gasteiger partial charge on any atom is 0.234 e. The predicted octanol–water partition coefficient (Wildman–Crippen LogP) is 8.02. The Hall–Kier alpha value is -3.78. The fourth-order valence-corrected chi connectivity index (χ4v) is 4.95. The van der Waals surface area contributed by atoms with Crippen molar-refractivity contribution in [1.29, 1.82) is 0 Å². The first kappa shape index (κ1) is 26.8. The highest BCUT2D eigenvalue weighted by molar-refractivity contribution is 7.99. The van der Waals surface area contributed by atoms with E-state index in [9.17, 15) is 4.79 Å². The molecule has 0 aliphatic rings. The van der Waals surface area contributed by atoms with Crippen LogP contribution in [0.25, 0.3) is 11.4 Å². The smallest absolute Gasteiger partial charge is 0.234 e. The van der Waals surface area contributed by atoms with Gasteiger partial charge in [0.05, 0.1) is 15.8 Å². The molecule has 0 saturated carbocycles. The minimum Gasteiger partial charge on any atom is -0.457 e. The van der Waals surface area contributed by atoms with Crippen LogP contribution in [0.4, 0.5) is 5.69 Å². The maximum absolute atomic E-state index is 12.8. The number of hydrogen-bond acceptors (Lipinski definition) is 5. The van der Waals surface area contributed by atoms with Gasteiger partial charge in [0.25, 0.3) is 0 Å². The molecule has 0 aliphatic heterocycles. The summed E-state index contributed by atoms with van der Waals surface area (Å²) >= 11 is 13.7. The summed E-state index contributed by atoms with van der Waals surface area (Å²) in [6.45, 7) is 0.638. The van der Waals surface area contributed by atoms with Crippen LogP contribution in [0.15, 0.2) is 108 Å². The molecule has 1 amide bonds. The number of benzene rings is 4. The summed E-state index contributed by atoms with van der Waals surface area (Å²) in [5.41, 5.74) is 2.68. The molecule has 4 aromatic carbocycles. The minimum absolute atomic E-state index is 0.148. The molecule has 1 aromatic heterocycles. The molecule has 0 atom stereocenters. The highest BCUT2D eigenvalue weighted by atomic mass is 35.5. The van der Waals surface area contributed by atoms with Gasteiger partial charge < -0.3 is 14.6 Å². The number of para-hydroxylation sites is 1. The van der Waals surface area contributed by atoms with Crippen LogP contribution in [-0.4, -0.2) is 26.4 Å².